The average molecular weight is 510 g/mol. The van der Waals surface area contributed by atoms with E-state index in [-0.39, 0.29) is 28.7 Å². The van der Waals surface area contributed by atoms with Gasteiger partial charge in [-0.1, -0.05) is 42.5 Å². The van der Waals surface area contributed by atoms with E-state index in [0.717, 1.165) is 9.87 Å². The molecule has 9 nitrogen and oxygen atoms in total. The van der Waals surface area contributed by atoms with Gasteiger partial charge < -0.3 is 19.7 Å². The zero-order valence-electron chi connectivity index (χ0n) is 20.2. The van der Waals surface area contributed by atoms with E-state index in [1.54, 1.807) is 24.3 Å². The molecule has 3 aromatic rings. The quantitative estimate of drug-likeness (QED) is 0.525. The van der Waals surface area contributed by atoms with Crippen molar-refractivity contribution in [2.75, 3.05) is 32.6 Å². The number of anilines is 1. The predicted octanol–water partition coefficient (Wildman–Crippen LogP) is 2.67. The minimum atomic E-state index is -3.88. The highest BCUT2D eigenvalue weighted by molar-refractivity contribution is 7.89. The molecule has 2 amide bonds. The largest absolute Gasteiger partial charge is 0.495 e. The zero-order chi connectivity index (χ0) is 25.9. The van der Waals surface area contributed by atoms with Crippen LogP contribution in [0.4, 0.5) is 5.69 Å². The van der Waals surface area contributed by atoms with Gasteiger partial charge in [0.1, 0.15) is 16.4 Å². The van der Waals surface area contributed by atoms with E-state index in [2.05, 4.69) is 5.32 Å². The first-order valence-electron chi connectivity index (χ1n) is 11.2. The predicted molar refractivity (Wildman–Crippen MR) is 135 cm³/mol. The normalized spacial score (nSPS) is 15.1. The first-order valence-corrected chi connectivity index (χ1v) is 12.7. The van der Waals surface area contributed by atoms with E-state index >= 15 is 0 Å². The first kappa shape index (κ1) is 25.2. The fourth-order valence-electron chi connectivity index (χ4n) is 3.83. The SMILES string of the molecule is COc1ccc(C(=O)N2CC(C(=O)NCc3ccccc3)Oc3ccccc32)cc1S(=O)(=O)N(C)C. The van der Waals surface area contributed by atoms with Crippen molar-refractivity contribution in [1.29, 1.82) is 0 Å². The number of nitrogens with zero attached hydrogens (tertiary/aromatic N) is 2. The molecule has 1 unspecified atom stereocenters. The Morgan fingerprint density at radius 3 is 2.44 bits per heavy atom. The Morgan fingerprint density at radius 1 is 1.06 bits per heavy atom. The number of carbonyl (C=O) groups excluding carboxylic acids is 2. The summed E-state index contributed by atoms with van der Waals surface area (Å²) in [7, 11) is 0.293. The van der Waals surface area contributed by atoms with Crippen molar-refractivity contribution >= 4 is 27.5 Å². The standard InChI is InChI=1S/C26H27N3O6S/c1-28(2)36(32,33)24-15-19(13-14-22(24)34-3)26(31)29-17-23(35-21-12-8-7-11-20(21)29)25(30)27-16-18-9-5-4-6-10-18/h4-15,23H,16-17H2,1-3H3,(H,27,30). The molecular weight excluding hydrogens is 482 g/mol. The first-order chi connectivity index (χ1) is 17.2. The second kappa shape index (κ2) is 10.4. The second-order valence-electron chi connectivity index (χ2n) is 8.35. The van der Waals surface area contributed by atoms with Crippen molar-refractivity contribution in [3.63, 3.8) is 0 Å². The second-order valence-corrected chi connectivity index (χ2v) is 10.5. The Kier molecular flexibility index (Phi) is 7.27. The molecule has 0 aromatic heterocycles. The van der Waals surface area contributed by atoms with Crippen molar-refractivity contribution in [3.8, 4) is 11.5 Å². The molecule has 0 saturated heterocycles. The van der Waals surface area contributed by atoms with E-state index in [0.29, 0.717) is 18.0 Å². The molecule has 0 radical (unpaired) electrons. The van der Waals surface area contributed by atoms with Gasteiger partial charge in [0.25, 0.3) is 11.8 Å². The molecule has 3 aromatic carbocycles. The molecule has 4 rings (SSSR count). The van der Waals surface area contributed by atoms with Crippen molar-refractivity contribution in [2.24, 2.45) is 0 Å². The van der Waals surface area contributed by atoms with Crippen molar-refractivity contribution in [3.05, 3.63) is 83.9 Å². The highest BCUT2D eigenvalue weighted by Crippen LogP contribution is 2.35. The van der Waals surface area contributed by atoms with Gasteiger partial charge in [0, 0.05) is 26.2 Å². The molecular formula is C26H27N3O6S. The van der Waals surface area contributed by atoms with Gasteiger partial charge in [-0.2, -0.15) is 0 Å². The summed E-state index contributed by atoms with van der Waals surface area (Å²) < 4.78 is 37.9. The molecule has 1 aliphatic heterocycles. The Labute approximate surface area is 210 Å². The van der Waals surface area contributed by atoms with Crippen LogP contribution in [0.25, 0.3) is 0 Å². The Hall–Kier alpha value is -3.89. The molecule has 0 aliphatic carbocycles. The molecule has 1 aliphatic rings. The fourth-order valence-corrected chi connectivity index (χ4v) is 4.90. The van der Waals surface area contributed by atoms with Gasteiger partial charge in [-0.05, 0) is 35.9 Å². The van der Waals surface area contributed by atoms with Crippen molar-refractivity contribution in [2.45, 2.75) is 17.5 Å². The summed E-state index contributed by atoms with van der Waals surface area (Å²) in [6.45, 7) is 0.275. The number of amides is 2. The molecule has 0 bridgehead atoms. The maximum atomic E-state index is 13.6. The van der Waals surface area contributed by atoms with Gasteiger partial charge in [0.15, 0.2) is 6.10 Å². The van der Waals surface area contributed by atoms with E-state index in [4.69, 9.17) is 9.47 Å². The molecule has 0 saturated carbocycles. The van der Waals surface area contributed by atoms with Gasteiger partial charge in [-0.15, -0.1) is 0 Å². The molecule has 10 heteroatoms. The molecule has 0 fully saturated rings. The zero-order valence-corrected chi connectivity index (χ0v) is 21.0. The van der Waals surface area contributed by atoms with Gasteiger partial charge in [0.05, 0.1) is 19.3 Å². The topological polar surface area (TPSA) is 105 Å². The van der Waals surface area contributed by atoms with Crippen LogP contribution in [-0.4, -0.2) is 58.4 Å². The number of hydrogen-bond donors (Lipinski definition) is 1. The molecule has 0 spiro atoms. The summed E-state index contributed by atoms with van der Waals surface area (Å²) in [6, 6.07) is 20.6. The number of fused-ring (bicyclic) bond motifs is 1. The number of nitrogens with one attached hydrogen (secondary N) is 1. The lowest BCUT2D eigenvalue weighted by Gasteiger charge is -2.34. The van der Waals surface area contributed by atoms with Crippen LogP contribution in [0.15, 0.2) is 77.7 Å². The smallest absolute Gasteiger partial charge is 0.263 e. The maximum absolute atomic E-state index is 13.6. The summed E-state index contributed by atoms with van der Waals surface area (Å²) in [5, 5.41) is 2.85. The van der Waals surface area contributed by atoms with E-state index in [1.165, 1.54) is 44.3 Å². The van der Waals surface area contributed by atoms with Gasteiger partial charge >= 0.3 is 0 Å². The monoisotopic (exact) mass is 509 g/mol. The van der Waals surface area contributed by atoms with Gasteiger partial charge in [0.2, 0.25) is 10.0 Å². The van der Waals surface area contributed by atoms with Crippen LogP contribution in [0.2, 0.25) is 0 Å². The number of sulfonamides is 1. The lowest BCUT2D eigenvalue weighted by molar-refractivity contribution is -0.128. The summed E-state index contributed by atoms with van der Waals surface area (Å²) in [5.74, 6) is -0.325. The summed E-state index contributed by atoms with van der Waals surface area (Å²) in [4.78, 5) is 27.9. The lowest BCUT2D eigenvalue weighted by Crippen LogP contribution is -2.50. The van der Waals surface area contributed by atoms with Crippen LogP contribution < -0.4 is 19.7 Å². The third-order valence-corrected chi connectivity index (χ3v) is 7.63. The van der Waals surface area contributed by atoms with E-state index in [1.807, 2.05) is 30.3 Å². The van der Waals surface area contributed by atoms with Crippen molar-refractivity contribution < 1.29 is 27.5 Å². The number of carbonyl (C=O) groups is 2. The minimum Gasteiger partial charge on any atom is -0.495 e. The number of methoxy groups -OCH3 is 1. The van der Waals surface area contributed by atoms with Gasteiger partial charge in [-0.25, -0.2) is 12.7 Å². The molecule has 1 N–H and O–H groups in total. The summed E-state index contributed by atoms with van der Waals surface area (Å²) in [5.41, 5.74) is 1.56. The van der Waals surface area contributed by atoms with Crippen molar-refractivity contribution in [1.82, 2.24) is 9.62 Å². The summed E-state index contributed by atoms with van der Waals surface area (Å²) in [6.07, 6.45) is -0.948. The number of rotatable bonds is 7. The number of hydrogen-bond acceptors (Lipinski definition) is 6. The van der Waals surface area contributed by atoms with E-state index < -0.39 is 22.0 Å². The summed E-state index contributed by atoms with van der Waals surface area (Å²) >= 11 is 0. The Bertz CT molecular complexity index is 1380. The molecule has 1 heterocycles. The lowest BCUT2D eigenvalue weighted by atomic mass is 10.1. The third-order valence-electron chi connectivity index (χ3n) is 5.79. The van der Waals surface area contributed by atoms with Crippen LogP contribution in [0, 0.1) is 0 Å². The highest BCUT2D eigenvalue weighted by atomic mass is 32.2. The Morgan fingerprint density at radius 2 is 1.75 bits per heavy atom. The molecule has 36 heavy (non-hydrogen) atoms. The molecule has 1 atom stereocenters. The van der Waals surface area contributed by atoms with E-state index in [9.17, 15) is 18.0 Å². The number of benzene rings is 3. The van der Waals surface area contributed by atoms with Crippen LogP contribution in [0.1, 0.15) is 15.9 Å². The maximum Gasteiger partial charge on any atom is 0.263 e. The van der Waals surface area contributed by atoms with Crippen LogP contribution in [0.3, 0.4) is 0 Å². The van der Waals surface area contributed by atoms with Crippen LogP contribution in [-0.2, 0) is 21.4 Å². The highest BCUT2D eigenvalue weighted by Gasteiger charge is 2.35. The van der Waals surface area contributed by atoms with Crippen LogP contribution >= 0.6 is 0 Å². The van der Waals surface area contributed by atoms with Crippen LogP contribution in [0.5, 0.6) is 11.5 Å². The number of para-hydroxylation sites is 2. The number of ether oxygens (including phenoxy) is 2. The third kappa shape index (κ3) is 5.05. The van der Waals surface area contributed by atoms with Gasteiger partial charge in [-0.3, -0.25) is 9.59 Å². The minimum absolute atomic E-state index is 0.0434. The molecule has 188 valence electrons. The average Bonchev–Trinajstić information content (AvgIpc) is 2.90. The fraction of sp³-hybridized carbons (Fsp3) is 0.231. The Balaban J connectivity index is 1.63.